The molecule has 0 radical (unpaired) electrons. The highest BCUT2D eigenvalue weighted by molar-refractivity contribution is 5.28. The first kappa shape index (κ1) is 14.9. The molecule has 102 valence electrons. The van der Waals surface area contributed by atoms with E-state index in [9.17, 15) is 22.7 Å². The molecular weight excluding hydrogens is 252 g/mol. The summed E-state index contributed by atoms with van der Waals surface area (Å²) in [7, 11) is 1.44. The monoisotopic (exact) mass is 266 g/mol. The van der Waals surface area contributed by atoms with Gasteiger partial charge in [-0.25, -0.2) is 4.39 Å². The largest absolute Gasteiger partial charge is 0.419 e. The van der Waals surface area contributed by atoms with E-state index in [0.29, 0.717) is 12.1 Å². The van der Waals surface area contributed by atoms with Crippen LogP contribution >= 0.6 is 0 Å². The predicted octanol–water partition coefficient (Wildman–Crippen LogP) is 3.16. The summed E-state index contributed by atoms with van der Waals surface area (Å²) in [6.45, 7) is 1.88. The Balaban J connectivity index is 2.97. The number of rotatable bonds is 4. The topological polar surface area (TPSA) is 29.5 Å². The molecule has 6 heteroatoms. The van der Waals surface area contributed by atoms with Crippen LogP contribution in [0.3, 0.4) is 0 Å². The minimum absolute atomic E-state index is 0.102. The highest BCUT2D eigenvalue weighted by atomic mass is 19.4. The molecule has 0 saturated heterocycles. The number of hydrogen-bond donors (Lipinski definition) is 1. The minimum Gasteiger partial charge on any atom is -0.388 e. The zero-order chi connectivity index (χ0) is 13.9. The van der Waals surface area contributed by atoms with Gasteiger partial charge in [0.25, 0.3) is 0 Å². The van der Waals surface area contributed by atoms with Gasteiger partial charge in [0, 0.05) is 13.0 Å². The van der Waals surface area contributed by atoms with E-state index in [-0.39, 0.29) is 18.1 Å². The van der Waals surface area contributed by atoms with Crippen molar-refractivity contribution >= 4 is 0 Å². The van der Waals surface area contributed by atoms with Gasteiger partial charge in [-0.3, -0.25) is 0 Å². The van der Waals surface area contributed by atoms with E-state index in [1.807, 2.05) is 0 Å². The average molecular weight is 266 g/mol. The maximum atomic E-state index is 13.3. The molecule has 2 nitrogen and oxygen atoms in total. The van der Waals surface area contributed by atoms with Crippen molar-refractivity contribution in [2.45, 2.75) is 19.2 Å². The van der Waals surface area contributed by atoms with E-state index in [4.69, 9.17) is 4.74 Å². The molecule has 2 atom stereocenters. The summed E-state index contributed by atoms with van der Waals surface area (Å²) in [5.74, 6) is -1.73. The van der Waals surface area contributed by atoms with Crippen LogP contribution in [0, 0.1) is 11.7 Å². The van der Waals surface area contributed by atoms with E-state index < -0.39 is 23.7 Å². The second-order valence-corrected chi connectivity index (χ2v) is 4.11. The molecule has 0 aliphatic rings. The second-order valence-electron chi connectivity index (χ2n) is 4.11. The lowest BCUT2D eigenvalue weighted by Crippen LogP contribution is -2.15. The summed E-state index contributed by atoms with van der Waals surface area (Å²) in [5.41, 5.74) is -1.23. The van der Waals surface area contributed by atoms with Crippen molar-refractivity contribution in [3.8, 4) is 0 Å². The summed E-state index contributed by atoms with van der Waals surface area (Å²) < 4.78 is 55.1. The fraction of sp³-hybridized carbons (Fsp3) is 0.500. The van der Waals surface area contributed by atoms with Gasteiger partial charge in [0.15, 0.2) is 0 Å². The molecule has 1 N–H and O–H groups in total. The molecule has 0 heterocycles. The molecule has 2 unspecified atom stereocenters. The standard InChI is InChI=1S/C12H14F4O2/c1-7(6-18-2)11(17)8-3-4-9(10(13)5-8)12(14,15)16/h3-5,7,11,17H,6H2,1-2H3. The SMILES string of the molecule is COCC(C)C(O)c1ccc(C(F)(F)F)c(F)c1. The van der Waals surface area contributed by atoms with Crippen molar-refractivity contribution in [2.75, 3.05) is 13.7 Å². The van der Waals surface area contributed by atoms with E-state index >= 15 is 0 Å². The van der Waals surface area contributed by atoms with E-state index in [2.05, 4.69) is 0 Å². The van der Waals surface area contributed by atoms with Gasteiger partial charge in [0.1, 0.15) is 5.82 Å². The van der Waals surface area contributed by atoms with Gasteiger partial charge in [-0.1, -0.05) is 13.0 Å². The molecule has 1 aromatic rings. The lowest BCUT2D eigenvalue weighted by atomic mass is 9.97. The molecule has 0 spiro atoms. The first-order valence-electron chi connectivity index (χ1n) is 5.31. The van der Waals surface area contributed by atoms with Gasteiger partial charge in [-0.05, 0) is 17.7 Å². The third kappa shape index (κ3) is 3.43. The summed E-state index contributed by atoms with van der Waals surface area (Å²) in [4.78, 5) is 0. The second kappa shape index (κ2) is 5.67. The Bertz CT molecular complexity index is 404. The molecule has 0 amide bonds. The van der Waals surface area contributed by atoms with Gasteiger partial charge in [-0.2, -0.15) is 13.2 Å². The Labute approximate surface area is 102 Å². The lowest BCUT2D eigenvalue weighted by molar-refractivity contribution is -0.140. The van der Waals surface area contributed by atoms with Gasteiger partial charge in [0.05, 0.1) is 18.3 Å². The van der Waals surface area contributed by atoms with Gasteiger partial charge in [0.2, 0.25) is 0 Å². The van der Waals surface area contributed by atoms with Crippen molar-refractivity contribution in [3.05, 3.63) is 35.1 Å². The quantitative estimate of drug-likeness (QED) is 0.848. The van der Waals surface area contributed by atoms with Crippen LogP contribution in [0.4, 0.5) is 17.6 Å². The summed E-state index contributed by atoms with van der Waals surface area (Å²) >= 11 is 0. The summed E-state index contributed by atoms with van der Waals surface area (Å²) in [6.07, 6.45) is -5.80. The number of aliphatic hydroxyl groups excluding tert-OH is 1. The van der Waals surface area contributed by atoms with Crippen molar-refractivity contribution in [2.24, 2.45) is 5.92 Å². The van der Waals surface area contributed by atoms with Crippen LogP contribution in [0.2, 0.25) is 0 Å². The van der Waals surface area contributed by atoms with E-state index in [1.165, 1.54) is 7.11 Å². The molecule has 1 aromatic carbocycles. The van der Waals surface area contributed by atoms with Crippen molar-refractivity contribution in [3.63, 3.8) is 0 Å². The third-order valence-electron chi connectivity index (χ3n) is 2.61. The van der Waals surface area contributed by atoms with Crippen LogP contribution in [0.15, 0.2) is 18.2 Å². The molecule has 0 bridgehead atoms. The van der Waals surface area contributed by atoms with Crippen molar-refractivity contribution < 1.29 is 27.4 Å². The van der Waals surface area contributed by atoms with Gasteiger partial charge >= 0.3 is 6.18 Å². The van der Waals surface area contributed by atoms with Crippen molar-refractivity contribution in [1.29, 1.82) is 0 Å². The van der Waals surface area contributed by atoms with Gasteiger partial charge in [-0.15, -0.1) is 0 Å². The lowest BCUT2D eigenvalue weighted by Gasteiger charge is -2.19. The van der Waals surface area contributed by atoms with Gasteiger partial charge < -0.3 is 9.84 Å². The normalized spacial score (nSPS) is 15.5. The molecular formula is C12H14F4O2. The smallest absolute Gasteiger partial charge is 0.388 e. The molecule has 0 saturated carbocycles. The van der Waals surface area contributed by atoms with Crippen LogP contribution in [0.5, 0.6) is 0 Å². The van der Waals surface area contributed by atoms with Crippen LogP contribution in [0.25, 0.3) is 0 Å². The predicted molar refractivity (Wildman–Crippen MR) is 57.4 cm³/mol. The van der Waals surface area contributed by atoms with Crippen LogP contribution in [0.1, 0.15) is 24.2 Å². The zero-order valence-corrected chi connectivity index (χ0v) is 9.96. The van der Waals surface area contributed by atoms with Crippen molar-refractivity contribution in [1.82, 2.24) is 0 Å². The van der Waals surface area contributed by atoms with Crippen LogP contribution in [-0.2, 0) is 10.9 Å². The zero-order valence-electron chi connectivity index (χ0n) is 9.96. The van der Waals surface area contributed by atoms with Crippen LogP contribution in [-0.4, -0.2) is 18.8 Å². The Morgan fingerprint density at radius 2 is 1.94 bits per heavy atom. The minimum atomic E-state index is -4.73. The molecule has 1 rings (SSSR count). The first-order chi connectivity index (χ1) is 8.27. The Hall–Kier alpha value is -1.14. The number of alkyl halides is 3. The fourth-order valence-electron chi connectivity index (χ4n) is 1.63. The highest BCUT2D eigenvalue weighted by Crippen LogP contribution is 2.33. The number of ether oxygens (including phenoxy) is 1. The number of hydrogen-bond acceptors (Lipinski definition) is 2. The number of methoxy groups -OCH3 is 1. The Morgan fingerprint density at radius 1 is 1.33 bits per heavy atom. The average Bonchev–Trinajstić information content (AvgIpc) is 2.26. The number of benzene rings is 1. The maximum Gasteiger partial charge on any atom is 0.419 e. The summed E-state index contributed by atoms with van der Waals surface area (Å²) in [6, 6.07) is 2.41. The molecule has 0 aliphatic carbocycles. The molecule has 0 aromatic heterocycles. The number of halogens is 4. The van der Waals surface area contributed by atoms with Crippen LogP contribution < -0.4 is 0 Å². The fourth-order valence-corrected chi connectivity index (χ4v) is 1.63. The molecule has 18 heavy (non-hydrogen) atoms. The molecule has 0 fully saturated rings. The highest BCUT2D eigenvalue weighted by Gasteiger charge is 2.34. The maximum absolute atomic E-state index is 13.3. The summed E-state index contributed by atoms with van der Waals surface area (Å²) in [5, 5.41) is 9.81. The Kier molecular flexibility index (Phi) is 4.70. The number of aliphatic hydroxyl groups is 1. The molecule has 0 aliphatic heterocycles. The Morgan fingerprint density at radius 3 is 2.39 bits per heavy atom. The first-order valence-corrected chi connectivity index (χ1v) is 5.31. The van der Waals surface area contributed by atoms with E-state index in [0.717, 1.165) is 6.07 Å². The third-order valence-corrected chi connectivity index (χ3v) is 2.61. The van der Waals surface area contributed by atoms with E-state index in [1.54, 1.807) is 6.92 Å².